The van der Waals surface area contributed by atoms with Crippen molar-refractivity contribution in [1.82, 2.24) is 5.06 Å². The quantitative estimate of drug-likeness (QED) is 0.471. The molecule has 4 unspecified atom stereocenters. The molecule has 2 bridgehead atoms. The Hall–Kier alpha value is -1.32. The fourth-order valence-corrected chi connectivity index (χ4v) is 3.94. The molecular formula is C13H18FNO6S. The number of imide groups is 1. The topological polar surface area (TPSA) is 101 Å². The lowest BCUT2D eigenvalue weighted by Gasteiger charge is -2.13. The molecule has 124 valence electrons. The number of carbonyl (C=O) groups is 2. The number of nitrogens with zero attached hydrogens (tertiary/aromatic N) is 1. The molecule has 1 saturated heterocycles. The average Bonchev–Trinajstić information content (AvgIpc) is 3.17. The van der Waals surface area contributed by atoms with Gasteiger partial charge in [0.2, 0.25) is 0 Å². The van der Waals surface area contributed by atoms with Crippen molar-refractivity contribution in [1.29, 1.82) is 0 Å². The van der Waals surface area contributed by atoms with Crippen LogP contribution in [0.2, 0.25) is 0 Å². The van der Waals surface area contributed by atoms with Gasteiger partial charge in [-0.2, -0.15) is 13.5 Å². The number of hydrogen-bond acceptors (Lipinski definition) is 6. The van der Waals surface area contributed by atoms with Crippen LogP contribution in [0.4, 0.5) is 4.53 Å². The Morgan fingerprint density at radius 1 is 1.27 bits per heavy atom. The van der Waals surface area contributed by atoms with E-state index in [-0.39, 0.29) is 29.4 Å². The fourth-order valence-electron chi connectivity index (χ4n) is 3.24. The number of unbranched alkanes of at least 4 members (excludes halogenated alkanes) is 1. The summed E-state index contributed by atoms with van der Waals surface area (Å²) in [5, 5.41) is 9.45. The lowest BCUT2D eigenvalue weighted by molar-refractivity contribution is -0.173. The molecule has 1 N–H and O–H groups in total. The highest BCUT2D eigenvalue weighted by molar-refractivity contribution is 7.86. The number of allylic oxidation sites excluding steroid dienone is 2. The van der Waals surface area contributed by atoms with E-state index in [9.17, 15) is 22.5 Å². The van der Waals surface area contributed by atoms with Gasteiger partial charge in [-0.3, -0.25) is 14.8 Å². The summed E-state index contributed by atoms with van der Waals surface area (Å²) < 4.78 is 34.0. The predicted octanol–water partition coefficient (Wildman–Crippen LogP) is 1.20. The third kappa shape index (κ3) is 3.06. The summed E-state index contributed by atoms with van der Waals surface area (Å²) in [6.07, 6.45) is 6.04. The molecule has 1 heterocycles. The molecule has 3 rings (SSSR count). The molecule has 0 aromatic carbocycles. The minimum Gasteiger partial charge on any atom is -0.278 e. The largest absolute Gasteiger partial charge is 0.297 e. The van der Waals surface area contributed by atoms with Crippen molar-refractivity contribution < 1.29 is 32.1 Å². The first-order chi connectivity index (χ1) is 10.3. The maximum absolute atomic E-state index is 11.4. The number of hydroxylamine groups is 2. The number of amides is 2. The van der Waals surface area contributed by atoms with Gasteiger partial charge in [0.25, 0.3) is 21.9 Å². The molecule has 0 spiro atoms. The first-order valence-corrected chi connectivity index (χ1v) is 8.68. The number of rotatable bonds is 4. The van der Waals surface area contributed by atoms with Gasteiger partial charge in [-0.05, 0) is 29.2 Å². The fraction of sp³-hybridized carbons (Fsp3) is 0.692. The molecule has 1 saturated carbocycles. The van der Waals surface area contributed by atoms with Gasteiger partial charge in [-0.15, -0.1) is 0 Å². The van der Waals surface area contributed by atoms with Crippen LogP contribution >= 0.6 is 0 Å². The van der Waals surface area contributed by atoms with Crippen molar-refractivity contribution in [2.45, 2.75) is 26.2 Å². The molecule has 1 aliphatic heterocycles. The first kappa shape index (κ1) is 17.0. The summed E-state index contributed by atoms with van der Waals surface area (Å²) in [7, 11) is -3.85. The molecule has 7 nitrogen and oxygen atoms in total. The second kappa shape index (κ2) is 6.43. The molecule has 2 fully saturated rings. The molecular weight excluding hydrogens is 317 g/mol. The van der Waals surface area contributed by atoms with Crippen molar-refractivity contribution in [3.05, 3.63) is 12.2 Å². The molecule has 9 heteroatoms. The average molecular weight is 335 g/mol. The zero-order valence-corrected chi connectivity index (χ0v) is 12.8. The van der Waals surface area contributed by atoms with Gasteiger partial charge in [0.05, 0.1) is 17.6 Å². The summed E-state index contributed by atoms with van der Waals surface area (Å²) in [6.45, 7) is 1.81. The van der Waals surface area contributed by atoms with Gasteiger partial charge < -0.3 is 0 Å². The van der Waals surface area contributed by atoms with E-state index < -0.39 is 21.9 Å². The van der Waals surface area contributed by atoms with E-state index in [4.69, 9.17) is 5.21 Å². The van der Waals surface area contributed by atoms with Gasteiger partial charge in [-0.25, -0.2) is 0 Å². The molecule has 4 atom stereocenters. The van der Waals surface area contributed by atoms with Gasteiger partial charge in [0, 0.05) is 0 Å². The van der Waals surface area contributed by atoms with E-state index in [1.807, 2.05) is 19.1 Å². The lowest BCUT2D eigenvalue weighted by atomic mass is 9.85. The van der Waals surface area contributed by atoms with Crippen molar-refractivity contribution >= 4 is 21.9 Å². The van der Waals surface area contributed by atoms with E-state index in [1.165, 1.54) is 0 Å². The monoisotopic (exact) mass is 335 g/mol. The second-order valence-electron chi connectivity index (χ2n) is 5.67. The Morgan fingerprint density at radius 2 is 1.77 bits per heavy atom. The highest BCUT2D eigenvalue weighted by Gasteiger charge is 2.59. The van der Waals surface area contributed by atoms with E-state index >= 15 is 0 Å². The number of hydrogen-bond donors (Lipinski definition) is 1. The van der Waals surface area contributed by atoms with Crippen LogP contribution < -0.4 is 0 Å². The van der Waals surface area contributed by atoms with Crippen LogP contribution in [0.25, 0.3) is 0 Å². The molecule has 2 aliphatic carbocycles. The summed E-state index contributed by atoms with van der Waals surface area (Å²) >= 11 is 0. The van der Waals surface area contributed by atoms with Crippen molar-refractivity contribution in [2.24, 2.45) is 23.7 Å². The lowest BCUT2D eigenvalue weighted by Crippen LogP contribution is -2.29. The summed E-state index contributed by atoms with van der Waals surface area (Å²) in [6, 6.07) is 0. The minimum absolute atomic E-state index is 0.184. The normalized spacial score (nSPS) is 32.2. The van der Waals surface area contributed by atoms with Gasteiger partial charge in [-0.1, -0.05) is 29.9 Å². The van der Waals surface area contributed by atoms with Crippen molar-refractivity contribution in [3.63, 3.8) is 0 Å². The Morgan fingerprint density at radius 3 is 2.18 bits per heavy atom. The van der Waals surface area contributed by atoms with E-state index in [0.717, 1.165) is 6.42 Å². The Balaban J connectivity index is 0.000000175. The van der Waals surface area contributed by atoms with Gasteiger partial charge in [0.15, 0.2) is 0 Å². The third-order valence-corrected chi connectivity index (χ3v) is 5.27. The van der Waals surface area contributed by atoms with Crippen LogP contribution in [0, 0.1) is 23.7 Å². The summed E-state index contributed by atoms with van der Waals surface area (Å²) in [5.74, 6) is -1.23. The number of carbonyl (C=O) groups excluding carboxylic acids is 2. The van der Waals surface area contributed by atoms with Crippen LogP contribution in [0.1, 0.15) is 26.2 Å². The maximum atomic E-state index is 11.4. The smallest absolute Gasteiger partial charge is 0.278 e. The highest BCUT2D eigenvalue weighted by Crippen LogP contribution is 2.51. The SMILES string of the molecule is CCCCS(=O)(=O)OF.O=C1C2C3C=CC(C3)C2C(=O)N1O. The van der Waals surface area contributed by atoms with Crippen molar-refractivity contribution in [3.8, 4) is 0 Å². The first-order valence-electron chi connectivity index (χ1n) is 7.10. The van der Waals surface area contributed by atoms with Crippen molar-refractivity contribution in [2.75, 3.05) is 5.75 Å². The molecule has 0 aromatic rings. The van der Waals surface area contributed by atoms with E-state index in [0.29, 0.717) is 17.9 Å². The molecule has 3 aliphatic rings. The third-order valence-electron chi connectivity index (χ3n) is 4.29. The molecule has 0 aromatic heterocycles. The second-order valence-corrected chi connectivity index (χ2v) is 7.32. The van der Waals surface area contributed by atoms with Gasteiger partial charge >= 0.3 is 0 Å². The zero-order valence-electron chi connectivity index (χ0n) is 12.0. The van der Waals surface area contributed by atoms with E-state index in [2.05, 4.69) is 4.39 Å². The minimum atomic E-state index is -3.85. The predicted molar refractivity (Wildman–Crippen MR) is 72.2 cm³/mol. The molecule has 0 radical (unpaired) electrons. The Bertz CT molecular complexity index is 559. The van der Waals surface area contributed by atoms with Crippen LogP contribution in [0.5, 0.6) is 0 Å². The van der Waals surface area contributed by atoms with E-state index in [1.54, 1.807) is 0 Å². The van der Waals surface area contributed by atoms with Crippen LogP contribution in [0.15, 0.2) is 12.2 Å². The van der Waals surface area contributed by atoms with Crippen LogP contribution in [-0.4, -0.2) is 36.3 Å². The molecule has 2 amide bonds. The van der Waals surface area contributed by atoms with Gasteiger partial charge in [0.1, 0.15) is 0 Å². The number of halogens is 1. The summed E-state index contributed by atoms with van der Waals surface area (Å²) in [5.41, 5.74) is 0. The number of fused-ring (bicyclic) bond motifs is 5. The highest BCUT2D eigenvalue weighted by atomic mass is 32.2. The van der Waals surface area contributed by atoms with Crippen LogP contribution in [0.3, 0.4) is 0 Å². The maximum Gasteiger partial charge on any atom is 0.297 e. The molecule has 22 heavy (non-hydrogen) atoms. The van der Waals surface area contributed by atoms with Crippen LogP contribution in [-0.2, 0) is 24.1 Å². The zero-order chi connectivity index (χ0) is 16.5. The Kier molecular flexibility index (Phi) is 4.98. The Labute approximate surface area is 127 Å². The standard InChI is InChI=1S/C9H9NO3.C4H9FO3S/c11-8-6-4-1-2-5(3-4)7(6)9(12)10(8)13;1-2-3-4-9(6,7)8-5/h1-2,4-7,13H,3H2;2-4H2,1H3. The summed E-state index contributed by atoms with van der Waals surface area (Å²) in [4.78, 5) is 22.8.